The Labute approximate surface area is 356 Å². The molecule has 0 aromatic carbocycles. The smallest absolute Gasteiger partial charge is 0.315 e. The Morgan fingerprint density at radius 2 is 1.66 bits per heavy atom. The molecule has 4 saturated carbocycles. The summed E-state index contributed by atoms with van der Waals surface area (Å²) in [4.78, 5) is 20.0. The monoisotopic (exact) mass is 830 g/mol. The van der Waals surface area contributed by atoms with Crippen molar-refractivity contribution < 1.29 is 22.7 Å². The van der Waals surface area contributed by atoms with E-state index in [2.05, 4.69) is 75.5 Å². The topological polar surface area (TPSA) is 97.8 Å². The van der Waals surface area contributed by atoms with E-state index in [1.165, 1.54) is 68.1 Å². The van der Waals surface area contributed by atoms with E-state index in [4.69, 9.17) is 9.47 Å². The zero-order valence-corrected chi connectivity index (χ0v) is 38.4. The molecule has 8 rings (SSSR count). The van der Waals surface area contributed by atoms with Crippen LogP contribution in [0.4, 0.5) is 0 Å². The molecule has 7 aliphatic rings. The van der Waals surface area contributed by atoms with E-state index in [1.807, 2.05) is 19.1 Å². The Balaban J connectivity index is 1.01. The third-order valence-electron chi connectivity index (χ3n) is 18.8. The van der Waals surface area contributed by atoms with Gasteiger partial charge in [-0.1, -0.05) is 58.9 Å². The number of sulfone groups is 1. The van der Waals surface area contributed by atoms with Gasteiger partial charge in [-0.3, -0.25) is 9.78 Å². The molecule has 2 heterocycles. The fourth-order valence-corrected chi connectivity index (χ4v) is 16.8. The highest BCUT2D eigenvalue weighted by Crippen LogP contribution is 2.76. The van der Waals surface area contributed by atoms with Crippen molar-refractivity contribution >= 4 is 15.8 Å². The second-order valence-electron chi connectivity index (χ2n) is 21.7. The first-order valence-corrected chi connectivity index (χ1v) is 25.2. The van der Waals surface area contributed by atoms with Gasteiger partial charge >= 0.3 is 5.97 Å². The van der Waals surface area contributed by atoms with E-state index in [-0.39, 0.29) is 33.2 Å². The van der Waals surface area contributed by atoms with Crippen molar-refractivity contribution in [3.63, 3.8) is 0 Å². The van der Waals surface area contributed by atoms with Crippen LogP contribution >= 0.6 is 0 Å². The summed E-state index contributed by atoms with van der Waals surface area (Å²) in [6.07, 6.45) is 22.0. The number of carbonyl (C=O) groups excluding carboxylic acids is 1. The van der Waals surface area contributed by atoms with Gasteiger partial charge in [0.2, 0.25) is 0 Å². The van der Waals surface area contributed by atoms with Gasteiger partial charge in [-0.05, 0) is 165 Å². The Hall–Kier alpha value is -2.49. The zero-order chi connectivity index (χ0) is 42.1. The van der Waals surface area contributed by atoms with Crippen LogP contribution < -0.4 is 10.1 Å². The second-order valence-corrected chi connectivity index (χ2v) is 24.0. The Kier molecular flexibility index (Phi) is 11.5. The van der Waals surface area contributed by atoms with Gasteiger partial charge in [0.15, 0.2) is 9.84 Å². The minimum absolute atomic E-state index is 0.0378. The molecule has 0 bridgehead atoms. The predicted octanol–water partition coefficient (Wildman–Crippen LogP) is 9.39. The summed E-state index contributed by atoms with van der Waals surface area (Å²) in [6, 6.07) is 3.70. The third kappa shape index (κ3) is 7.21. The Bertz CT molecular complexity index is 1930. The number of nitrogens with zero attached hydrogens (tertiary/aromatic N) is 2. The molecule has 59 heavy (non-hydrogen) atoms. The van der Waals surface area contributed by atoms with Crippen molar-refractivity contribution in [2.24, 2.45) is 56.7 Å². The third-order valence-corrected chi connectivity index (χ3v) is 20.4. The molecular weight excluding hydrogens is 755 g/mol. The van der Waals surface area contributed by atoms with Crippen LogP contribution in [-0.4, -0.2) is 80.7 Å². The van der Waals surface area contributed by atoms with E-state index < -0.39 is 15.3 Å². The van der Waals surface area contributed by atoms with Crippen LogP contribution in [0.3, 0.4) is 0 Å². The number of ether oxygens (including phenoxy) is 2. The van der Waals surface area contributed by atoms with Gasteiger partial charge in [-0.15, -0.1) is 0 Å². The van der Waals surface area contributed by atoms with Crippen LogP contribution in [0.25, 0.3) is 0 Å². The summed E-state index contributed by atoms with van der Waals surface area (Å²) in [5, 5.41) is 4.24. The first-order valence-electron chi connectivity index (χ1n) is 23.4. The molecule has 8 nitrogen and oxygen atoms in total. The predicted molar refractivity (Wildman–Crippen MR) is 237 cm³/mol. The lowest BCUT2D eigenvalue weighted by Crippen LogP contribution is -2.68. The van der Waals surface area contributed by atoms with Crippen molar-refractivity contribution in [2.45, 2.75) is 131 Å². The maximum absolute atomic E-state index is 13.5. The van der Waals surface area contributed by atoms with Gasteiger partial charge in [0.25, 0.3) is 0 Å². The number of nitrogens with one attached hydrogen (secondary N) is 1. The average molecular weight is 830 g/mol. The molecule has 1 saturated heterocycles. The van der Waals surface area contributed by atoms with Gasteiger partial charge in [0.1, 0.15) is 17.8 Å². The quantitative estimate of drug-likeness (QED) is 0.174. The standard InChI is InChI=1S/C50H75N3O5S/c1-9-57-44(54)49(34-58-37-17-26-51-27-18-37)21-12-36(13-22-49)39-15-19-46(6)41(45(39,4)5)16-20-48(8)42(46)11-10-40-43-38(35(2)3)14-23-50(43,25-24-47(40,48)7)52-28-29-53-30-32-59(55,56)33-31-53/h12,15,17-18,26-27,38,40-43,52H,2,9-11,13-14,16,19-25,28-34H2,1,3-8H3/t38-,40+,41?,42?,43?,46-,47+,48+,49?,50-/m0/s1. The number of esters is 1. The Morgan fingerprint density at radius 3 is 2.34 bits per heavy atom. The second kappa shape index (κ2) is 15.7. The number of aromatic nitrogens is 1. The van der Waals surface area contributed by atoms with Crippen LogP contribution in [0.5, 0.6) is 5.75 Å². The van der Waals surface area contributed by atoms with E-state index >= 15 is 0 Å². The summed E-state index contributed by atoms with van der Waals surface area (Å²) in [6.45, 7) is 25.9. The first-order chi connectivity index (χ1) is 27.9. The highest BCUT2D eigenvalue weighted by molar-refractivity contribution is 7.91. The SMILES string of the molecule is C=C(C)[C@@H]1CC[C@]2(NCCN3CCS(=O)(=O)CC3)CC[C@]3(C)[C@H](CCC4[C@@]5(C)CC=C(C6=CCC(COc7ccncc7)(C(=O)OCC)CC6)C(C)(C)C5CC[C@]43C)C12. The van der Waals surface area contributed by atoms with Crippen LogP contribution in [0.2, 0.25) is 0 Å². The van der Waals surface area contributed by atoms with Crippen LogP contribution in [-0.2, 0) is 19.4 Å². The summed E-state index contributed by atoms with van der Waals surface area (Å²) < 4.78 is 36.1. The normalized spacial score (nSPS) is 41.2. The molecule has 1 N–H and O–H groups in total. The van der Waals surface area contributed by atoms with Gasteiger partial charge in [0.05, 0.1) is 18.1 Å². The molecule has 326 valence electrons. The Morgan fingerprint density at radius 1 is 0.915 bits per heavy atom. The lowest BCUT2D eigenvalue weighted by molar-refractivity contribution is -0.221. The van der Waals surface area contributed by atoms with Gasteiger partial charge in [0, 0.05) is 44.1 Å². The molecule has 10 atom stereocenters. The fraction of sp³-hybridized carbons (Fsp3) is 0.760. The number of allylic oxidation sites excluding steroid dienone is 5. The first kappa shape index (κ1) is 43.2. The summed E-state index contributed by atoms with van der Waals surface area (Å²) >= 11 is 0. The van der Waals surface area contributed by atoms with Crippen molar-refractivity contribution in [1.29, 1.82) is 0 Å². The lowest BCUT2D eigenvalue weighted by atomic mass is 9.33. The average Bonchev–Trinajstić information content (AvgIpc) is 3.59. The summed E-state index contributed by atoms with van der Waals surface area (Å²) in [7, 11) is -2.87. The maximum atomic E-state index is 13.5. The van der Waals surface area contributed by atoms with Crippen LogP contribution in [0.15, 0.2) is 60.0 Å². The molecule has 9 heteroatoms. The molecule has 0 spiro atoms. The van der Waals surface area contributed by atoms with E-state index in [0.717, 1.165) is 38.1 Å². The summed E-state index contributed by atoms with van der Waals surface area (Å²) in [5.74, 6) is 4.30. The number of rotatable bonds is 11. The number of hydrogen-bond acceptors (Lipinski definition) is 8. The molecule has 0 radical (unpaired) electrons. The van der Waals surface area contributed by atoms with Crippen molar-refractivity contribution in [3.8, 4) is 5.75 Å². The van der Waals surface area contributed by atoms with Gasteiger partial charge < -0.3 is 19.7 Å². The largest absolute Gasteiger partial charge is 0.492 e. The maximum Gasteiger partial charge on any atom is 0.315 e. The van der Waals surface area contributed by atoms with Crippen LogP contribution in [0.1, 0.15) is 126 Å². The minimum atomic E-state index is -2.87. The van der Waals surface area contributed by atoms with E-state index in [1.54, 1.807) is 12.4 Å². The van der Waals surface area contributed by atoms with Crippen molar-refractivity contribution in [1.82, 2.24) is 15.2 Å². The number of hydrogen-bond donors (Lipinski definition) is 1. The highest BCUT2D eigenvalue weighted by atomic mass is 32.2. The molecular formula is C50H75N3O5S. The van der Waals surface area contributed by atoms with E-state index in [9.17, 15) is 13.2 Å². The van der Waals surface area contributed by atoms with E-state index in [0.29, 0.717) is 73.8 Å². The number of pyridine rings is 1. The van der Waals surface area contributed by atoms with Crippen molar-refractivity contribution in [2.75, 3.05) is 50.9 Å². The van der Waals surface area contributed by atoms with Gasteiger partial charge in [-0.25, -0.2) is 8.42 Å². The number of fused-ring (bicyclic) bond motifs is 7. The zero-order valence-electron chi connectivity index (χ0n) is 37.5. The molecule has 1 aliphatic heterocycles. The minimum Gasteiger partial charge on any atom is -0.492 e. The molecule has 1 aromatic heterocycles. The summed E-state index contributed by atoms with van der Waals surface area (Å²) in [5.41, 5.74) is 4.59. The fourth-order valence-electron chi connectivity index (χ4n) is 15.5. The molecule has 6 aliphatic carbocycles. The van der Waals surface area contributed by atoms with Crippen molar-refractivity contribution in [3.05, 3.63) is 60.0 Å². The molecule has 5 fully saturated rings. The van der Waals surface area contributed by atoms with Crippen LogP contribution in [0, 0.1) is 56.7 Å². The lowest BCUT2D eigenvalue weighted by Gasteiger charge is -2.72. The molecule has 0 amide bonds. The highest BCUT2D eigenvalue weighted by Gasteiger charge is 2.70. The molecule has 1 aromatic rings. The number of carbonyl (C=O) groups is 1. The van der Waals surface area contributed by atoms with Gasteiger partial charge in [-0.2, -0.15) is 0 Å². The molecule has 4 unspecified atom stereocenters.